The van der Waals surface area contributed by atoms with E-state index in [1.165, 1.54) is 44.9 Å². The van der Waals surface area contributed by atoms with E-state index in [9.17, 15) is 9.59 Å². The Kier molecular flexibility index (Phi) is 4.47. The maximum atomic E-state index is 12.2. The first-order valence-corrected chi connectivity index (χ1v) is 10.8. The van der Waals surface area contributed by atoms with Gasteiger partial charge in [-0.15, -0.1) is 0 Å². The number of primary amides is 1. The number of esters is 1. The summed E-state index contributed by atoms with van der Waals surface area (Å²) in [6.45, 7) is 7.77. The number of nitrogens with two attached hydrogens (primary N) is 1. The Labute approximate surface area is 163 Å². The molecule has 0 bridgehead atoms. The van der Waals surface area contributed by atoms with E-state index in [0.717, 1.165) is 12.3 Å². The molecule has 0 aromatic heterocycles. The van der Waals surface area contributed by atoms with Crippen molar-refractivity contribution in [3.05, 3.63) is 11.6 Å². The molecule has 3 saturated carbocycles. The average molecular weight is 374 g/mol. The van der Waals surface area contributed by atoms with Crippen LogP contribution in [0.1, 0.15) is 78.6 Å². The molecule has 0 unspecified atom stereocenters. The van der Waals surface area contributed by atoms with Gasteiger partial charge in [0.15, 0.2) is 0 Å². The topological polar surface area (TPSA) is 69.4 Å². The first-order chi connectivity index (χ1) is 12.7. The predicted octanol–water partition coefficient (Wildman–Crippen LogP) is 4.37. The van der Waals surface area contributed by atoms with Crippen LogP contribution in [0.2, 0.25) is 0 Å². The largest absolute Gasteiger partial charge is 0.462 e. The molecule has 0 aromatic carbocycles. The first kappa shape index (κ1) is 19.0. The number of fused-ring (bicyclic) bond motifs is 1. The lowest BCUT2D eigenvalue weighted by Gasteiger charge is -2.60. The summed E-state index contributed by atoms with van der Waals surface area (Å²) in [5, 5.41) is 0. The second kappa shape index (κ2) is 6.35. The van der Waals surface area contributed by atoms with Crippen molar-refractivity contribution < 1.29 is 14.3 Å². The summed E-state index contributed by atoms with van der Waals surface area (Å²) in [7, 11) is 0. The molecule has 27 heavy (non-hydrogen) atoms. The minimum absolute atomic E-state index is 0.153. The highest BCUT2D eigenvalue weighted by molar-refractivity contribution is 5.92. The van der Waals surface area contributed by atoms with Gasteiger partial charge in [0.1, 0.15) is 0 Å². The molecule has 4 nitrogen and oxygen atoms in total. The number of rotatable bonds is 4. The van der Waals surface area contributed by atoms with Gasteiger partial charge in [0.25, 0.3) is 0 Å². The molecule has 4 atom stereocenters. The number of hydrogen-bond acceptors (Lipinski definition) is 3. The van der Waals surface area contributed by atoms with Gasteiger partial charge in [-0.05, 0) is 73.0 Å². The van der Waals surface area contributed by atoms with E-state index in [1.54, 1.807) is 0 Å². The second-order valence-electron chi connectivity index (χ2n) is 10.7. The fourth-order valence-corrected chi connectivity index (χ4v) is 7.31. The van der Waals surface area contributed by atoms with Crippen molar-refractivity contribution in [2.24, 2.45) is 39.7 Å². The average Bonchev–Trinajstić information content (AvgIpc) is 3.25. The molecule has 1 amide bonds. The molecule has 4 rings (SSSR count). The smallest absolute Gasteiger partial charge is 0.334 e. The quantitative estimate of drug-likeness (QED) is 0.587. The minimum atomic E-state index is -0.360. The van der Waals surface area contributed by atoms with Gasteiger partial charge in [0, 0.05) is 17.9 Å². The van der Waals surface area contributed by atoms with Crippen molar-refractivity contribution in [3.63, 3.8) is 0 Å². The lowest BCUT2D eigenvalue weighted by atomic mass is 9.45. The van der Waals surface area contributed by atoms with Crippen LogP contribution in [-0.2, 0) is 14.3 Å². The third kappa shape index (κ3) is 3.13. The number of carbonyl (C=O) groups is 2. The fraction of sp³-hybridized carbons (Fsp3) is 0.826. The fourth-order valence-electron chi connectivity index (χ4n) is 7.31. The van der Waals surface area contributed by atoms with E-state index in [-0.39, 0.29) is 24.2 Å². The first-order valence-electron chi connectivity index (χ1n) is 10.8. The van der Waals surface area contributed by atoms with Crippen LogP contribution in [0.3, 0.4) is 0 Å². The summed E-state index contributed by atoms with van der Waals surface area (Å²) in [4.78, 5) is 23.6. The summed E-state index contributed by atoms with van der Waals surface area (Å²) in [5.41, 5.74) is 7.34. The van der Waals surface area contributed by atoms with Gasteiger partial charge in [-0.2, -0.15) is 0 Å². The van der Waals surface area contributed by atoms with Crippen molar-refractivity contribution in [1.82, 2.24) is 0 Å². The molecule has 4 fully saturated rings. The molecule has 1 spiro atoms. The van der Waals surface area contributed by atoms with Crippen molar-refractivity contribution in [1.29, 1.82) is 0 Å². The number of ether oxygens (including phenoxy) is 1. The molecule has 2 N–H and O–H groups in total. The maximum absolute atomic E-state index is 12.2. The van der Waals surface area contributed by atoms with Crippen LogP contribution in [0.4, 0.5) is 0 Å². The zero-order valence-electron chi connectivity index (χ0n) is 17.2. The highest BCUT2D eigenvalue weighted by Gasteiger charge is 2.63. The number of amides is 1. The van der Waals surface area contributed by atoms with E-state index in [2.05, 4.69) is 26.8 Å². The van der Waals surface area contributed by atoms with Gasteiger partial charge in [0.05, 0.1) is 6.61 Å². The number of hydrogen-bond donors (Lipinski definition) is 1. The molecule has 1 aliphatic heterocycles. The number of allylic oxidation sites excluding steroid dienone is 1. The summed E-state index contributed by atoms with van der Waals surface area (Å²) in [5.74, 6) is 0.651. The van der Waals surface area contributed by atoms with E-state index in [0.29, 0.717) is 34.3 Å². The maximum Gasteiger partial charge on any atom is 0.334 e. The molecule has 0 radical (unpaired) electrons. The van der Waals surface area contributed by atoms with E-state index in [4.69, 9.17) is 10.5 Å². The minimum Gasteiger partial charge on any atom is -0.462 e. The van der Waals surface area contributed by atoms with Crippen LogP contribution in [0, 0.1) is 34.0 Å². The molecule has 4 aliphatic rings. The monoisotopic (exact) mass is 373 g/mol. The van der Waals surface area contributed by atoms with Crippen molar-refractivity contribution in [2.75, 3.05) is 6.61 Å². The Balaban J connectivity index is 1.61. The zero-order chi connectivity index (χ0) is 19.4. The summed E-state index contributed by atoms with van der Waals surface area (Å²) >= 11 is 0. The van der Waals surface area contributed by atoms with E-state index < -0.39 is 0 Å². The SMILES string of the molecule is CC1(C)CCC[C@@]2(C)[C@H]1CCC1(CC1)[C@@H]2C/C=C1/C(=O)OC[C@H]1CC(N)=O. The lowest BCUT2D eigenvalue weighted by molar-refractivity contribution is -0.135. The van der Waals surface area contributed by atoms with Gasteiger partial charge in [-0.1, -0.05) is 33.3 Å². The summed E-state index contributed by atoms with van der Waals surface area (Å²) in [6.07, 6.45) is 12.6. The normalized spacial score (nSPS) is 40.6. The Hall–Kier alpha value is -1.32. The molecule has 150 valence electrons. The molecule has 4 heteroatoms. The highest BCUT2D eigenvalue weighted by Crippen LogP contribution is 2.72. The van der Waals surface area contributed by atoms with Crippen LogP contribution >= 0.6 is 0 Å². The van der Waals surface area contributed by atoms with Crippen LogP contribution in [-0.4, -0.2) is 18.5 Å². The Morgan fingerprint density at radius 2 is 1.93 bits per heavy atom. The number of cyclic esters (lactones) is 1. The van der Waals surface area contributed by atoms with Gasteiger partial charge in [-0.3, -0.25) is 4.79 Å². The van der Waals surface area contributed by atoms with Crippen molar-refractivity contribution >= 4 is 11.9 Å². The van der Waals surface area contributed by atoms with Gasteiger partial charge >= 0.3 is 5.97 Å². The molecule has 3 aliphatic carbocycles. The second-order valence-corrected chi connectivity index (χ2v) is 10.7. The van der Waals surface area contributed by atoms with Crippen LogP contribution in [0.5, 0.6) is 0 Å². The lowest BCUT2D eigenvalue weighted by Crippen LogP contribution is -2.52. The van der Waals surface area contributed by atoms with Gasteiger partial charge < -0.3 is 10.5 Å². The summed E-state index contributed by atoms with van der Waals surface area (Å²) in [6, 6.07) is 0. The van der Waals surface area contributed by atoms with Crippen molar-refractivity contribution in [3.8, 4) is 0 Å². The Morgan fingerprint density at radius 3 is 2.59 bits per heavy atom. The highest BCUT2D eigenvalue weighted by atomic mass is 16.5. The molecular formula is C23H35NO3. The molecule has 1 saturated heterocycles. The summed E-state index contributed by atoms with van der Waals surface area (Å²) < 4.78 is 5.24. The Bertz CT molecular complexity index is 675. The predicted molar refractivity (Wildman–Crippen MR) is 105 cm³/mol. The van der Waals surface area contributed by atoms with Crippen molar-refractivity contribution in [2.45, 2.75) is 78.6 Å². The zero-order valence-corrected chi connectivity index (χ0v) is 17.2. The van der Waals surface area contributed by atoms with Crippen LogP contribution < -0.4 is 5.73 Å². The van der Waals surface area contributed by atoms with Crippen LogP contribution in [0.15, 0.2) is 11.6 Å². The van der Waals surface area contributed by atoms with Gasteiger partial charge in [-0.25, -0.2) is 4.79 Å². The van der Waals surface area contributed by atoms with E-state index in [1.807, 2.05) is 0 Å². The molecule has 1 heterocycles. The number of carbonyl (C=O) groups excluding carboxylic acids is 2. The molecular weight excluding hydrogens is 338 g/mol. The molecule has 0 aromatic rings. The van der Waals surface area contributed by atoms with Crippen LogP contribution in [0.25, 0.3) is 0 Å². The third-order valence-electron chi connectivity index (χ3n) is 8.75. The Morgan fingerprint density at radius 1 is 1.19 bits per heavy atom. The third-order valence-corrected chi connectivity index (χ3v) is 8.75. The standard InChI is InChI=1S/C23H35NO3/c1-21(2)8-4-9-22(3)17(21)7-10-23(11-12-23)18(22)6-5-16-15(13-19(24)25)14-27-20(16)26/h5,15,17-18H,4,6-14H2,1-3H3,(H2,24,25)/b16-5+/t15-,17+,18-,22+/m1/s1. The van der Waals surface area contributed by atoms with E-state index >= 15 is 0 Å². The van der Waals surface area contributed by atoms with Gasteiger partial charge in [0.2, 0.25) is 5.91 Å².